The van der Waals surface area contributed by atoms with Gasteiger partial charge in [-0.3, -0.25) is 4.79 Å². The Bertz CT molecular complexity index is 619. The van der Waals surface area contributed by atoms with Crippen LogP contribution >= 0.6 is 11.6 Å². The first kappa shape index (κ1) is 12.2. The molecule has 96 valence electrons. The van der Waals surface area contributed by atoms with E-state index in [1.165, 1.54) is 5.56 Å². The number of nitrogens with one attached hydrogen (secondary N) is 1. The Morgan fingerprint density at radius 3 is 2.74 bits per heavy atom. The molecule has 0 fully saturated rings. The Kier molecular flexibility index (Phi) is 3.26. The molecule has 2 aromatic carbocycles. The summed E-state index contributed by atoms with van der Waals surface area (Å²) in [5.41, 5.74) is 4.15. The van der Waals surface area contributed by atoms with Gasteiger partial charge in [0.05, 0.1) is 0 Å². The quantitative estimate of drug-likeness (QED) is 0.862. The van der Waals surface area contributed by atoms with Gasteiger partial charge in [-0.25, -0.2) is 0 Å². The molecule has 0 saturated heterocycles. The van der Waals surface area contributed by atoms with Crippen molar-refractivity contribution in [2.24, 2.45) is 0 Å². The van der Waals surface area contributed by atoms with Crippen molar-refractivity contribution in [3.63, 3.8) is 0 Å². The lowest BCUT2D eigenvalue weighted by Crippen LogP contribution is -2.04. The molecule has 3 rings (SSSR count). The minimum atomic E-state index is 0.138. The molecule has 1 aliphatic rings. The Morgan fingerprint density at radius 1 is 1.16 bits per heavy atom. The van der Waals surface area contributed by atoms with Crippen molar-refractivity contribution in [3.8, 4) is 0 Å². The fraction of sp³-hybridized carbons (Fsp3) is 0.188. The molecule has 0 saturated carbocycles. The number of rotatable bonds is 3. The van der Waals surface area contributed by atoms with E-state index in [-0.39, 0.29) is 5.78 Å². The number of ketones is 1. The van der Waals surface area contributed by atoms with Crippen LogP contribution in [0, 0.1) is 0 Å². The van der Waals surface area contributed by atoms with Crippen LogP contribution in [-0.4, -0.2) is 12.3 Å². The largest absolute Gasteiger partial charge is 0.384 e. The number of hydrogen-bond acceptors (Lipinski definition) is 2. The number of halogens is 1. The summed E-state index contributed by atoms with van der Waals surface area (Å²) in [7, 11) is 0. The predicted molar refractivity (Wildman–Crippen MR) is 78.1 cm³/mol. The number of anilines is 1. The molecule has 1 aliphatic heterocycles. The Hall–Kier alpha value is -1.80. The molecule has 19 heavy (non-hydrogen) atoms. The van der Waals surface area contributed by atoms with Crippen LogP contribution in [0.15, 0.2) is 42.5 Å². The fourth-order valence-electron chi connectivity index (χ4n) is 2.35. The third-order valence-electron chi connectivity index (χ3n) is 3.42. The molecule has 0 radical (unpaired) electrons. The van der Waals surface area contributed by atoms with Gasteiger partial charge in [0.25, 0.3) is 0 Å². The predicted octanol–water partition coefficient (Wildman–Crippen LogP) is 3.73. The van der Waals surface area contributed by atoms with Gasteiger partial charge in [-0.2, -0.15) is 0 Å². The first-order chi connectivity index (χ1) is 9.22. The van der Waals surface area contributed by atoms with Crippen LogP contribution in [0.5, 0.6) is 0 Å². The van der Waals surface area contributed by atoms with Crippen molar-refractivity contribution in [1.82, 2.24) is 0 Å². The third kappa shape index (κ3) is 2.64. The highest BCUT2D eigenvalue weighted by molar-refractivity contribution is 6.30. The number of hydrogen-bond donors (Lipinski definition) is 1. The summed E-state index contributed by atoms with van der Waals surface area (Å²) in [6.45, 7) is 0.962. The van der Waals surface area contributed by atoms with Gasteiger partial charge < -0.3 is 5.32 Å². The number of fused-ring (bicyclic) bond motifs is 1. The average molecular weight is 272 g/mol. The van der Waals surface area contributed by atoms with E-state index in [0.29, 0.717) is 11.4 Å². The molecule has 1 heterocycles. The normalized spacial score (nSPS) is 12.9. The number of carbonyl (C=O) groups is 1. The number of benzene rings is 2. The average Bonchev–Trinajstić information content (AvgIpc) is 2.88. The van der Waals surface area contributed by atoms with E-state index in [1.807, 2.05) is 42.5 Å². The summed E-state index contributed by atoms with van der Waals surface area (Å²) in [6.07, 6.45) is 1.46. The zero-order valence-electron chi connectivity index (χ0n) is 10.4. The molecule has 1 N–H and O–H groups in total. The molecule has 2 aromatic rings. The Labute approximate surface area is 117 Å². The van der Waals surface area contributed by atoms with Crippen LogP contribution in [-0.2, 0) is 12.8 Å². The van der Waals surface area contributed by atoms with Crippen molar-refractivity contribution in [3.05, 3.63) is 64.2 Å². The van der Waals surface area contributed by atoms with Gasteiger partial charge in [-0.15, -0.1) is 0 Å². The van der Waals surface area contributed by atoms with Crippen molar-refractivity contribution in [1.29, 1.82) is 0 Å². The molecule has 0 bridgehead atoms. The molecular formula is C16H14ClNO. The van der Waals surface area contributed by atoms with Crippen LogP contribution in [0.25, 0.3) is 0 Å². The maximum Gasteiger partial charge on any atom is 0.167 e. The van der Waals surface area contributed by atoms with Gasteiger partial charge in [0.1, 0.15) is 0 Å². The van der Waals surface area contributed by atoms with E-state index in [1.54, 1.807) is 0 Å². The van der Waals surface area contributed by atoms with Crippen molar-refractivity contribution >= 4 is 23.1 Å². The lowest BCUT2D eigenvalue weighted by Gasteiger charge is -2.05. The molecule has 0 aromatic heterocycles. The topological polar surface area (TPSA) is 29.1 Å². The summed E-state index contributed by atoms with van der Waals surface area (Å²) < 4.78 is 0. The monoisotopic (exact) mass is 271 g/mol. The van der Waals surface area contributed by atoms with Gasteiger partial charge in [-0.05, 0) is 35.7 Å². The zero-order valence-corrected chi connectivity index (χ0v) is 11.2. The molecule has 0 aliphatic carbocycles. The molecule has 0 spiro atoms. The third-order valence-corrected chi connectivity index (χ3v) is 3.67. The van der Waals surface area contributed by atoms with Gasteiger partial charge in [0.2, 0.25) is 0 Å². The van der Waals surface area contributed by atoms with Crippen LogP contribution < -0.4 is 5.32 Å². The van der Waals surface area contributed by atoms with Gasteiger partial charge >= 0.3 is 0 Å². The van der Waals surface area contributed by atoms with E-state index in [9.17, 15) is 4.79 Å². The molecule has 2 nitrogen and oxygen atoms in total. The van der Waals surface area contributed by atoms with Crippen LogP contribution in [0.1, 0.15) is 21.5 Å². The lowest BCUT2D eigenvalue weighted by molar-refractivity contribution is 0.0993. The molecule has 0 amide bonds. The van der Waals surface area contributed by atoms with E-state index in [4.69, 9.17) is 11.6 Å². The second-order valence-corrected chi connectivity index (χ2v) is 5.21. The van der Waals surface area contributed by atoms with Crippen LogP contribution in [0.2, 0.25) is 5.02 Å². The Morgan fingerprint density at radius 2 is 1.95 bits per heavy atom. The van der Waals surface area contributed by atoms with E-state index in [0.717, 1.165) is 29.8 Å². The SMILES string of the molecule is O=C(Cc1ccc(Cl)cc1)c1ccc2c(c1)NCC2. The van der Waals surface area contributed by atoms with Crippen LogP contribution in [0.3, 0.4) is 0 Å². The fourth-order valence-corrected chi connectivity index (χ4v) is 2.48. The second kappa shape index (κ2) is 5.06. The van der Waals surface area contributed by atoms with Crippen LogP contribution in [0.4, 0.5) is 5.69 Å². The first-order valence-corrected chi connectivity index (χ1v) is 6.74. The molecule has 3 heteroatoms. The minimum Gasteiger partial charge on any atom is -0.384 e. The number of carbonyl (C=O) groups excluding carboxylic acids is 1. The van der Waals surface area contributed by atoms with Crippen molar-refractivity contribution in [2.75, 3.05) is 11.9 Å². The van der Waals surface area contributed by atoms with Gasteiger partial charge in [-0.1, -0.05) is 35.9 Å². The van der Waals surface area contributed by atoms with E-state index >= 15 is 0 Å². The Balaban J connectivity index is 1.78. The lowest BCUT2D eigenvalue weighted by atomic mass is 10.0. The smallest absolute Gasteiger partial charge is 0.167 e. The first-order valence-electron chi connectivity index (χ1n) is 6.37. The summed E-state index contributed by atoms with van der Waals surface area (Å²) >= 11 is 5.84. The van der Waals surface area contributed by atoms with Crippen molar-refractivity contribution < 1.29 is 4.79 Å². The summed E-state index contributed by atoms with van der Waals surface area (Å²) in [4.78, 5) is 12.2. The molecular weight excluding hydrogens is 258 g/mol. The summed E-state index contributed by atoms with van der Waals surface area (Å²) in [5, 5.41) is 3.99. The maximum absolute atomic E-state index is 12.2. The standard InChI is InChI=1S/C16H14ClNO/c17-14-5-1-11(2-6-14)9-16(19)13-4-3-12-7-8-18-15(12)10-13/h1-6,10,18H,7-9H2. The highest BCUT2D eigenvalue weighted by atomic mass is 35.5. The van der Waals surface area contributed by atoms with Gasteiger partial charge in [0, 0.05) is 29.2 Å². The van der Waals surface area contributed by atoms with E-state index < -0.39 is 0 Å². The highest BCUT2D eigenvalue weighted by Gasteiger charge is 2.13. The molecule has 0 atom stereocenters. The van der Waals surface area contributed by atoms with Gasteiger partial charge in [0.15, 0.2) is 5.78 Å². The maximum atomic E-state index is 12.2. The summed E-state index contributed by atoms with van der Waals surface area (Å²) in [6, 6.07) is 13.3. The van der Waals surface area contributed by atoms with Crippen molar-refractivity contribution in [2.45, 2.75) is 12.8 Å². The molecule has 0 unspecified atom stereocenters. The zero-order chi connectivity index (χ0) is 13.2. The minimum absolute atomic E-state index is 0.138. The highest BCUT2D eigenvalue weighted by Crippen LogP contribution is 2.24. The second-order valence-electron chi connectivity index (χ2n) is 4.78. The van der Waals surface area contributed by atoms with E-state index in [2.05, 4.69) is 5.32 Å². The number of Topliss-reactive ketones (excluding diaryl/α,β-unsaturated/α-hetero) is 1. The summed E-state index contributed by atoms with van der Waals surface area (Å²) in [5.74, 6) is 0.138.